The summed E-state index contributed by atoms with van der Waals surface area (Å²) in [7, 11) is 0. The minimum atomic E-state index is 0.0385. The molecule has 0 aliphatic rings. The van der Waals surface area contributed by atoms with E-state index in [4.69, 9.17) is 5.11 Å². The number of aliphatic hydroxyl groups is 1. The molecule has 62 valence electrons. The van der Waals surface area contributed by atoms with E-state index >= 15 is 0 Å². The summed E-state index contributed by atoms with van der Waals surface area (Å²) in [5, 5.41) is 8.90. The third-order valence-corrected chi connectivity index (χ3v) is 2.09. The van der Waals surface area contributed by atoms with Gasteiger partial charge < -0.3 is 9.67 Å². The predicted molar refractivity (Wildman–Crippen MR) is 46.2 cm³/mol. The van der Waals surface area contributed by atoms with Crippen LogP contribution in [0.15, 0.2) is 10.9 Å². The fourth-order valence-electron chi connectivity index (χ4n) is 1.03. The summed E-state index contributed by atoms with van der Waals surface area (Å²) in [6.07, 6.45) is 1.67. The van der Waals surface area contributed by atoms with Gasteiger partial charge in [-0.3, -0.25) is 0 Å². The van der Waals surface area contributed by atoms with Gasteiger partial charge in [0.2, 0.25) is 0 Å². The first-order valence-corrected chi connectivity index (χ1v) is 4.28. The Morgan fingerprint density at radius 3 is 2.73 bits per heavy atom. The Morgan fingerprint density at radius 2 is 2.36 bits per heavy atom. The van der Waals surface area contributed by atoms with E-state index < -0.39 is 0 Å². The topological polar surface area (TPSA) is 38.0 Å². The second-order valence-corrected chi connectivity index (χ2v) is 3.35. The van der Waals surface area contributed by atoms with E-state index in [1.54, 1.807) is 6.20 Å². The van der Waals surface area contributed by atoms with Gasteiger partial charge in [0.15, 0.2) is 4.73 Å². The molecular formula is C7H11BrN2O. The van der Waals surface area contributed by atoms with Crippen LogP contribution in [0.1, 0.15) is 25.6 Å². The average molecular weight is 219 g/mol. The van der Waals surface area contributed by atoms with Crippen molar-refractivity contribution >= 4 is 15.9 Å². The largest absolute Gasteiger partial charge is 0.390 e. The highest BCUT2D eigenvalue weighted by molar-refractivity contribution is 9.10. The zero-order valence-corrected chi connectivity index (χ0v) is 8.17. The lowest BCUT2D eigenvalue weighted by molar-refractivity contribution is 0.267. The molecule has 1 N–H and O–H groups in total. The summed E-state index contributed by atoms with van der Waals surface area (Å²) in [4.78, 5) is 4.03. The van der Waals surface area contributed by atoms with Crippen LogP contribution in [0, 0.1) is 0 Å². The monoisotopic (exact) mass is 218 g/mol. The van der Waals surface area contributed by atoms with E-state index in [0.29, 0.717) is 6.04 Å². The molecule has 4 heteroatoms. The molecule has 3 nitrogen and oxygen atoms in total. The molecule has 0 aliphatic heterocycles. The van der Waals surface area contributed by atoms with Crippen molar-refractivity contribution in [1.29, 1.82) is 0 Å². The van der Waals surface area contributed by atoms with Crippen LogP contribution in [0.4, 0.5) is 0 Å². The third-order valence-electron chi connectivity index (χ3n) is 1.51. The van der Waals surface area contributed by atoms with Crippen LogP contribution in [0.25, 0.3) is 0 Å². The van der Waals surface area contributed by atoms with Crippen LogP contribution in [-0.2, 0) is 6.61 Å². The Bertz CT molecular complexity index is 245. The van der Waals surface area contributed by atoms with Gasteiger partial charge in [-0.2, -0.15) is 0 Å². The van der Waals surface area contributed by atoms with Crippen molar-refractivity contribution in [2.45, 2.75) is 26.5 Å². The lowest BCUT2D eigenvalue weighted by atomic mass is 10.3. The minimum absolute atomic E-state index is 0.0385. The molecule has 11 heavy (non-hydrogen) atoms. The maximum atomic E-state index is 8.90. The maximum absolute atomic E-state index is 8.90. The summed E-state index contributed by atoms with van der Waals surface area (Å²) >= 11 is 3.30. The fraction of sp³-hybridized carbons (Fsp3) is 0.571. The van der Waals surface area contributed by atoms with Crippen molar-refractivity contribution in [3.8, 4) is 0 Å². The molecule has 0 unspecified atom stereocenters. The summed E-state index contributed by atoms with van der Waals surface area (Å²) in [5.74, 6) is 0. The number of imidazole rings is 1. The molecule has 1 rings (SSSR count). The van der Waals surface area contributed by atoms with Crippen molar-refractivity contribution in [2.24, 2.45) is 0 Å². The second-order valence-electron chi connectivity index (χ2n) is 2.64. The van der Waals surface area contributed by atoms with Crippen LogP contribution in [0.3, 0.4) is 0 Å². The molecular weight excluding hydrogens is 208 g/mol. The van der Waals surface area contributed by atoms with Gasteiger partial charge in [-0.1, -0.05) is 0 Å². The fourth-order valence-corrected chi connectivity index (χ4v) is 1.77. The number of rotatable bonds is 2. The van der Waals surface area contributed by atoms with Crippen LogP contribution in [0.2, 0.25) is 0 Å². The highest BCUT2D eigenvalue weighted by atomic mass is 79.9. The predicted octanol–water partition coefficient (Wildman–Crippen LogP) is 1.72. The summed E-state index contributed by atoms with van der Waals surface area (Å²) in [6.45, 7) is 4.13. The van der Waals surface area contributed by atoms with Gasteiger partial charge in [-0.15, -0.1) is 0 Å². The molecule has 1 aromatic rings. The van der Waals surface area contributed by atoms with Crippen LogP contribution in [0.5, 0.6) is 0 Å². The van der Waals surface area contributed by atoms with Gasteiger partial charge in [0, 0.05) is 6.04 Å². The maximum Gasteiger partial charge on any atom is 0.177 e. The van der Waals surface area contributed by atoms with Crippen molar-refractivity contribution in [1.82, 2.24) is 9.55 Å². The standard InChI is InChI=1S/C7H11BrN2O/c1-5(2)10-6(4-11)3-9-7(10)8/h3,5,11H,4H2,1-2H3. The molecule has 0 aromatic carbocycles. The summed E-state index contributed by atoms with van der Waals surface area (Å²) < 4.78 is 2.72. The number of nitrogens with zero attached hydrogens (tertiary/aromatic N) is 2. The zero-order valence-electron chi connectivity index (χ0n) is 6.58. The summed E-state index contributed by atoms with van der Waals surface area (Å²) in [6, 6.07) is 0.328. The normalized spacial score (nSPS) is 11.0. The zero-order chi connectivity index (χ0) is 8.43. The van der Waals surface area contributed by atoms with E-state index in [1.807, 2.05) is 18.4 Å². The van der Waals surface area contributed by atoms with Gasteiger partial charge in [0.05, 0.1) is 18.5 Å². The van der Waals surface area contributed by atoms with Crippen LogP contribution in [-0.4, -0.2) is 14.7 Å². The molecule has 0 saturated heterocycles. The molecule has 1 aromatic heterocycles. The van der Waals surface area contributed by atoms with Gasteiger partial charge in [-0.25, -0.2) is 4.98 Å². The Balaban J connectivity index is 3.07. The quantitative estimate of drug-likeness (QED) is 0.822. The number of aliphatic hydroxyl groups excluding tert-OH is 1. The van der Waals surface area contributed by atoms with E-state index in [0.717, 1.165) is 10.4 Å². The molecule has 0 spiro atoms. The molecule has 0 fully saturated rings. The highest BCUT2D eigenvalue weighted by Gasteiger charge is 2.08. The Morgan fingerprint density at radius 1 is 1.73 bits per heavy atom. The Labute approximate surface area is 74.2 Å². The van der Waals surface area contributed by atoms with Gasteiger partial charge in [0.25, 0.3) is 0 Å². The van der Waals surface area contributed by atoms with Crippen molar-refractivity contribution in [3.63, 3.8) is 0 Å². The van der Waals surface area contributed by atoms with Crippen molar-refractivity contribution in [2.75, 3.05) is 0 Å². The number of hydrogen-bond donors (Lipinski definition) is 1. The lowest BCUT2D eigenvalue weighted by Gasteiger charge is -2.10. The molecule has 0 radical (unpaired) electrons. The average Bonchev–Trinajstić information content (AvgIpc) is 2.30. The number of aromatic nitrogens is 2. The summed E-state index contributed by atoms with van der Waals surface area (Å²) in [5.41, 5.74) is 0.840. The van der Waals surface area contributed by atoms with E-state index in [-0.39, 0.29) is 6.61 Å². The highest BCUT2D eigenvalue weighted by Crippen LogP contribution is 2.17. The van der Waals surface area contributed by atoms with E-state index in [1.165, 1.54) is 0 Å². The second kappa shape index (κ2) is 3.36. The smallest absolute Gasteiger partial charge is 0.177 e. The van der Waals surface area contributed by atoms with Gasteiger partial charge in [0.1, 0.15) is 0 Å². The first kappa shape index (κ1) is 8.74. The van der Waals surface area contributed by atoms with Crippen molar-refractivity contribution in [3.05, 3.63) is 16.6 Å². The number of halogens is 1. The van der Waals surface area contributed by atoms with Crippen molar-refractivity contribution < 1.29 is 5.11 Å². The third kappa shape index (κ3) is 1.62. The molecule has 0 atom stereocenters. The minimum Gasteiger partial charge on any atom is -0.390 e. The Hall–Kier alpha value is -0.350. The molecule has 0 bridgehead atoms. The van der Waals surface area contributed by atoms with Crippen LogP contribution >= 0.6 is 15.9 Å². The van der Waals surface area contributed by atoms with Gasteiger partial charge >= 0.3 is 0 Å². The number of hydrogen-bond acceptors (Lipinski definition) is 2. The first-order valence-electron chi connectivity index (χ1n) is 3.49. The Kier molecular flexibility index (Phi) is 2.67. The SMILES string of the molecule is CC(C)n1c(CO)cnc1Br. The first-order chi connectivity index (χ1) is 5.16. The molecule has 0 aliphatic carbocycles. The van der Waals surface area contributed by atoms with Crippen LogP contribution < -0.4 is 0 Å². The van der Waals surface area contributed by atoms with E-state index in [2.05, 4.69) is 20.9 Å². The van der Waals surface area contributed by atoms with E-state index in [9.17, 15) is 0 Å². The molecule has 0 saturated carbocycles. The molecule has 1 heterocycles. The van der Waals surface area contributed by atoms with Gasteiger partial charge in [-0.05, 0) is 29.8 Å². The molecule has 0 amide bonds. The lowest BCUT2D eigenvalue weighted by Crippen LogP contribution is -2.05.